The fraction of sp³-hybridized carbons (Fsp3) is 0. The second-order valence-corrected chi connectivity index (χ2v) is 2.69. The van der Waals surface area contributed by atoms with Crippen LogP contribution in [0.2, 0.25) is 0 Å². The Bertz CT molecular complexity index is 362. The summed E-state index contributed by atoms with van der Waals surface area (Å²) in [5, 5.41) is 0. The summed E-state index contributed by atoms with van der Waals surface area (Å²) in [5.41, 5.74) is 8.75. The summed E-state index contributed by atoms with van der Waals surface area (Å²) in [6.07, 6.45) is 3.70. The average Bonchev–Trinajstić information content (AvgIpc) is 2.53. The van der Waals surface area contributed by atoms with Gasteiger partial charge in [0.1, 0.15) is 0 Å². The van der Waals surface area contributed by atoms with Crippen molar-refractivity contribution in [3.63, 3.8) is 0 Å². The predicted molar refractivity (Wildman–Crippen MR) is 50.6 cm³/mol. The highest BCUT2D eigenvalue weighted by molar-refractivity contribution is 5.75. The summed E-state index contributed by atoms with van der Waals surface area (Å²) in [5.74, 6) is 0. The Kier molecular flexibility index (Phi) is 1.59. The van der Waals surface area contributed by atoms with E-state index >= 15 is 0 Å². The van der Waals surface area contributed by atoms with Crippen LogP contribution in [0.1, 0.15) is 0 Å². The lowest BCUT2D eigenvalue weighted by Crippen LogP contribution is -1.83. The van der Waals surface area contributed by atoms with Gasteiger partial charge in [-0.3, -0.25) is 0 Å². The number of benzene rings is 1. The maximum Gasteiger partial charge on any atom is 0.0571 e. The quantitative estimate of drug-likeness (QED) is 0.656. The third kappa shape index (κ3) is 1.07. The number of rotatable bonds is 1. The lowest BCUT2D eigenvalue weighted by molar-refractivity contribution is 1.41. The van der Waals surface area contributed by atoms with Crippen LogP contribution in [-0.2, 0) is 0 Å². The summed E-state index contributed by atoms with van der Waals surface area (Å²) in [7, 11) is 0. The number of nitrogen functional groups attached to an aromatic ring is 1. The molecule has 2 aromatic rings. The van der Waals surface area contributed by atoms with Gasteiger partial charge in [-0.1, -0.05) is 30.3 Å². The minimum atomic E-state index is 0.793. The highest BCUT2D eigenvalue weighted by Crippen LogP contribution is 2.24. The molecule has 0 spiro atoms. The molecule has 3 N–H and O–H groups in total. The molecule has 0 fully saturated rings. The van der Waals surface area contributed by atoms with E-state index in [4.69, 9.17) is 5.73 Å². The standard InChI is InChI=1S/C10H10N2/c11-10-7-12-6-9(10)8-4-2-1-3-5-8/h1-7,12H,11H2. The highest BCUT2D eigenvalue weighted by atomic mass is 14.7. The second kappa shape index (κ2) is 2.74. The first kappa shape index (κ1) is 6.98. The lowest BCUT2D eigenvalue weighted by Gasteiger charge is -1.97. The Hall–Kier alpha value is -1.70. The average molecular weight is 158 g/mol. The fourth-order valence-electron chi connectivity index (χ4n) is 1.24. The van der Waals surface area contributed by atoms with Crippen LogP contribution in [0.4, 0.5) is 5.69 Å². The van der Waals surface area contributed by atoms with Crippen molar-refractivity contribution in [2.45, 2.75) is 0 Å². The van der Waals surface area contributed by atoms with Gasteiger partial charge in [-0.15, -0.1) is 0 Å². The summed E-state index contributed by atoms with van der Waals surface area (Å²) in [6.45, 7) is 0. The summed E-state index contributed by atoms with van der Waals surface area (Å²) in [6, 6.07) is 10.1. The van der Waals surface area contributed by atoms with E-state index in [2.05, 4.69) is 4.98 Å². The maximum atomic E-state index is 5.74. The molecule has 0 radical (unpaired) electrons. The van der Waals surface area contributed by atoms with E-state index in [1.807, 2.05) is 36.5 Å². The predicted octanol–water partition coefficient (Wildman–Crippen LogP) is 2.26. The SMILES string of the molecule is Nc1c[nH]cc1-c1ccccc1. The second-order valence-electron chi connectivity index (χ2n) is 2.69. The minimum Gasteiger partial charge on any atom is -0.397 e. The molecule has 0 atom stereocenters. The minimum absolute atomic E-state index is 0.793. The topological polar surface area (TPSA) is 41.8 Å². The van der Waals surface area contributed by atoms with E-state index in [1.54, 1.807) is 6.20 Å². The van der Waals surface area contributed by atoms with Crippen LogP contribution in [0, 0.1) is 0 Å². The smallest absolute Gasteiger partial charge is 0.0571 e. The van der Waals surface area contributed by atoms with Gasteiger partial charge in [-0.25, -0.2) is 0 Å². The molecule has 0 aliphatic heterocycles. The zero-order valence-corrected chi connectivity index (χ0v) is 6.62. The van der Waals surface area contributed by atoms with Gasteiger partial charge in [-0.2, -0.15) is 0 Å². The van der Waals surface area contributed by atoms with E-state index in [1.165, 1.54) is 0 Å². The first-order chi connectivity index (χ1) is 5.88. The molecular weight excluding hydrogens is 148 g/mol. The molecular formula is C10H10N2. The van der Waals surface area contributed by atoms with Crippen molar-refractivity contribution in [3.8, 4) is 11.1 Å². The molecule has 0 aliphatic rings. The third-order valence-corrected chi connectivity index (χ3v) is 1.86. The van der Waals surface area contributed by atoms with Gasteiger partial charge in [0, 0.05) is 18.0 Å². The van der Waals surface area contributed by atoms with E-state index in [-0.39, 0.29) is 0 Å². The molecule has 60 valence electrons. The monoisotopic (exact) mass is 158 g/mol. The Labute approximate surface area is 71.0 Å². The number of H-pyrrole nitrogens is 1. The van der Waals surface area contributed by atoms with Crippen molar-refractivity contribution in [2.24, 2.45) is 0 Å². The largest absolute Gasteiger partial charge is 0.397 e. The van der Waals surface area contributed by atoms with Crippen LogP contribution < -0.4 is 5.73 Å². The van der Waals surface area contributed by atoms with Crippen LogP contribution in [0.5, 0.6) is 0 Å². The van der Waals surface area contributed by atoms with E-state index in [0.29, 0.717) is 0 Å². The van der Waals surface area contributed by atoms with E-state index in [9.17, 15) is 0 Å². The van der Waals surface area contributed by atoms with Gasteiger partial charge in [0.25, 0.3) is 0 Å². The molecule has 1 aromatic heterocycles. The maximum absolute atomic E-state index is 5.74. The number of hydrogen-bond donors (Lipinski definition) is 2. The molecule has 0 unspecified atom stereocenters. The molecule has 2 heteroatoms. The van der Waals surface area contributed by atoms with Crippen LogP contribution in [0.25, 0.3) is 11.1 Å². The van der Waals surface area contributed by atoms with Crippen LogP contribution >= 0.6 is 0 Å². The van der Waals surface area contributed by atoms with Crippen molar-refractivity contribution >= 4 is 5.69 Å². The Morgan fingerprint density at radius 3 is 2.33 bits per heavy atom. The molecule has 0 bridgehead atoms. The number of hydrogen-bond acceptors (Lipinski definition) is 1. The van der Waals surface area contributed by atoms with Gasteiger partial charge >= 0.3 is 0 Å². The van der Waals surface area contributed by atoms with E-state index in [0.717, 1.165) is 16.8 Å². The van der Waals surface area contributed by atoms with Gasteiger partial charge in [0.2, 0.25) is 0 Å². The Morgan fingerprint density at radius 2 is 1.75 bits per heavy atom. The molecule has 2 nitrogen and oxygen atoms in total. The molecule has 0 aliphatic carbocycles. The van der Waals surface area contributed by atoms with Crippen molar-refractivity contribution in [1.29, 1.82) is 0 Å². The fourth-order valence-corrected chi connectivity index (χ4v) is 1.24. The Morgan fingerprint density at radius 1 is 1.00 bits per heavy atom. The van der Waals surface area contributed by atoms with Crippen LogP contribution in [-0.4, -0.2) is 4.98 Å². The van der Waals surface area contributed by atoms with Crippen molar-refractivity contribution < 1.29 is 0 Å². The first-order valence-corrected chi connectivity index (χ1v) is 3.85. The van der Waals surface area contributed by atoms with Crippen molar-refractivity contribution in [3.05, 3.63) is 42.7 Å². The molecule has 1 aromatic carbocycles. The van der Waals surface area contributed by atoms with Gasteiger partial charge in [0.15, 0.2) is 0 Å². The molecule has 0 saturated heterocycles. The number of nitrogens with two attached hydrogens (primary N) is 1. The molecule has 0 saturated carbocycles. The third-order valence-electron chi connectivity index (χ3n) is 1.86. The molecule has 1 heterocycles. The molecule has 12 heavy (non-hydrogen) atoms. The molecule has 0 amide bonds. The number of anilines is 1. The lowest BCUT2D eigenvalue weighted by atomic mass is 10.1. The van der Waals surface area contributed by atoms with Crippen molar-refractivity contribution in [1.82, 2.24) is 4.98 Å². The van der Waals surface area contributed by atoms with Gasteiger partial charge in [-0.05, 0) is 5.56 Å². The normalized spacial score (nSPS) is 10.0. The zero-order chi connectivity index (χ0) is 8.39. The summed E-state index contributed by atoms with van der Waals surface area (Å²) in [4.78, 5) is 2.97. The number of aromatic amines is 1. The zero-order valence-electron chi connectivity index (χ0n) is 6.62. The van der Waals surface area contributed by atoms with Crippen molar-refractivity contribution in [2.75, 3.05) is 5.73 Å². The highest BCUT2D eigenvalue weighted by Gasteiger charge is 2.00. The van der Waals surface area contributed by atoms with Crippen LogP contribution in [0.15, 0.2) is 42.7 Å². The number of aromatic nitrogens is 1. The van der Waals surface area contributed by atoms with Gasteiger partial charge < -0.3 is 10.7 Å². The first-order valence-electron chi connectivity index (χ1n) is 3.85. The van der Waals surface area contributed by atoms with E-state index < -0.39 is 0 Å². The molecule has 2 rings (SSSR count). The number of nitrogens with one attached hydrogen (secondary N) is 1. The van der Waals surface area contributed by atoms with Crippen LogP contribution in [0.3, 0.4) is 0 Å². The summed E-state index contributed by atoms with van der Waals surface area (Å²) < 4.78 is 0. The summed E-state index contributed by atoms with van der Waals surface area (Å²) >= 11 is 0. The van der Waals surface area contributed by atoms with Gasteiger partial charge in [0.05, 0.1) is 5.69 Å². The Balaban J connectivity index is 2.51.